The highest BCUT2D eigenvalue weighted by Gasteiger charge is 2.46. The Morgan fingerprint density at radius 1 is 1.33 bits per heavy atom. The number of nitrogens with one attached hydrogen (secondary N) is 2. The summed E-state index contributed by atoms with van der Waals surface area (Å²) >= 11 is 0. The van der Waals surface area contributed by atoms with Crippen LogP contribution in [0.5, 0.6) is 0 Å². The van der Waals surface area contributed by atoms with Crippen LogP contribution in [0.4, 0.5) is 4.79 Å². The second-order valence-electron chi connectivity index (χ2n) is 5.27. The van der Waals surface area contributed by atoms with Crippen molar-refractivity contribution in [2.75, 3.05) is 0 Å². The summed E-state index contributed by atoms with van der Waals surface area (Å²) in [6.45, 7) is 3.56. The molecule has 1 aliphatic rings. The SMILES string of the molecule is CC[C@]1(C)NC(=O)N(/N=C/c2c[nH]c3ccccc23)C1=O. The highest BCUT2D eigenvalue weighted by atomic mass is 16.2. The Morgan fingerprint density at radius 3 is 2.81 bits per heavy atom. The van der Waals surface area contributed by atoms with Gasteiger partial charge >= 0.3 is 6.03 Å². The van der Waals surface area contributed by atoms with Gasteiger partial charge in [0.1, 0.15) is 5.54 Å². The first kappa shape index (κ1) is 13.4. The molecular formula is C15H16N4O2. The molecule has 6 heteroatoms. The number of aromatic nitrogens is 1. The Hall–Kier alpha value is -2.63. The van der Waals surface area contributed by atoms with E-state index in [1.54, 1.807) is 13.1 Å². The first-order valence-corrected chi connectivity index (χ1v) is 6.82. The highest BCUT2D eigenvalue weighted by molar-refractivity contribution is 6.07. The number of para-hydroxylation sites is 1. The Kier molecular flexibility index (Phi) is 3.01. The third-order valence-corrected chi connectivity index (χ3v) is 3.88. The van der Waals surface area contributed by atoms with Crippen molar-refractivity contribution in [2.24, 2.45) is 5.10 Å². The summed E-state index contributed by atoms with van der Waals surface area (Å²) in [5.41, 5.74) is 0.945. The normalized spacial score (nSPS) is 22.5. The second-order valence-corrected chi connectivity index (χ2v) is 5.27. The summed E-state index contributed by atoms with van der Waals surface area (Å²) in [5.74, 6) is -0.328. The van der Waals surface area contributed by atoms with Gasteiger partial charge < -0.3 is 10.3 Å². The summed E-state index contributed by atoms with van der Waals surface area (Å²) in [6.07, 6.45) is 3.85. The minimum Gasteiger partial charge on any atom is -0.361 e. The first-order chi connectivity index (χ1) is 10.0. The van der Waals surface area contributed by atoms with E-state index in [-0.39, 0.29) is 5.91 Å². The van der Waals surface area contributed by atoms with Gasteiger partial charge in [-0.2, -0.15) is 5.10 Å². The predicted molar refractivity (Wildman–Crippen MR) is 80.0 cm³/mol. The monoisotopic (exact) mass is 284 g/mol. The zero-order chi connectivity index (χ0) is 15.0. The van der Waals surface area contributed by atoms with Crippen LogP contribution < -0.4 is 5.32 Å². The van der Waals surface area contributed by atoms with Gasteiger partial charge in [0.25, 0.3) is 5.91 Å². The molecule has 3 amide bonds. The van der Waals surface area contributed by atoms with Crippen molar-refractivity contribution in [3.05, 3.63) is 36.0 Å². The number of nitrogens with zero attached hydrogens (tertiary/aromatic N) is 2. The number of aromatic amines is 1. The van der Waals surface area contributed by atoms with Crippen molar-refractivity contribution in [3.8, 4) is 0 Å². The fourth-order valence-corrected chi connectivity index (χ4v) is 2.33. The van der Waals surface area contributed by atoms with Crippen molar-refractivity contribution in [1.29, 1.82) is 0 Å². The number of carbonyl (C=O) groups is 2. The number of hydrogen-bond donors (Lipinski definition) is 2. The van der Waals surface area contributed by atoms with Crippen LogP contribution in [-0.2, 0) is 4.79 Å². The van der Waals surface area contributed by atoms with Crippen LogP contribution in [0.15, 0.2) is 35.6 Å². The average molecular weight is 284 g/mol. The first-order valence-electron chi connectivity index (χ1n) is 6.82. The molecule has 1 saturated heterocycles. The molecule has 0 saturated carbocycles. The number of benzene rings is 1. The molecule has 0 spiro atoms. The van der Waals surface area contributed by atoms with E-state index in [0.29, 0.717) is 6.42 Å². The number of H-pyrrole nitrogens is 1. The van der Waals surface area contributed by atoms with E-state index < -0.39 is 11.6 Å². The molecule has 1 aromatic carbocycles. The molecule has 0 radical (unpaired) electrons. The van der Waals surface area contributed by atoms with Crippen LogP contribution in [-0.4, -0.2) is 33.7 Å². The van der Waals surface area contributed by atoms with Gasteiger partial charge in [0.2, 0.25) is 0 Å². The van der Waals surface area contributed by atoms with Crippen LogP contribution >= 0.6 is 0 Å². The van der Waals surface area contributed by atoms with Gasteiger partial charge in [-0.25, -0.2) is 4.79 Å². The summed E-state index contributed by atoms with van der Waals surface area (Å²) in [5, 5.41) is 8.60. The zero-order valence-corrected chi connectivity index (χ0v) is 11.9. The topological polar surface area (TPSA) is 77.6 Å². The van der Waals surface area contributed by atoms with Crippen LogP contribution in [0, 0.1) is 0 Å². The number of urea groups is 1. The van der Waals surface area contributed by atoms with E-state index in [0.717, 1.165) is 21.5 Å². The van der Waals surface area contributed by atoms with Crippen LogP contribution in [0.1, 0.15) is 25.8 Å². The standard InChI is InChI=1S/C15H16N4O2/c1-3-15(2)13(20)19(14(21)18-15)17-9-10-8-16-12-7-5-4-6-11(10)12/h4-9,16H,3H2,1-2H3,(H,18,21)/b17-9+/t15-/m0/s1. The lowest BCUT2D eigenvalue weighted by Crippen LogP contribution is -2.42. The van der Waals surface area contributed by atoms with Gasteiger partial charge in [-0.05, 0) is 19.4 Å². The number of carbonyl (C=O) groups excluding carboxylic acids is 2. The summed E-state index contributed by atoms with van der Waals surface area (Å²) in [4.78, 5) is 27.2. The number of rotatable bonds is 3. The van der Waals surface area contributed by atoms with Crippen molar-refractivity contribution in [1.82, 2.24) is 15.3 Å². The molecule has 21 heavy (non-hydrogen) atoms. The van der Waals surface area contributed by atoms with Gasteiger partial charge in [-0.1, -0.05) is 25.1 Å². The van der Waals surface area contributed by atoms with E-state index in [1.165, 1.54) is 6.21 Å². The minimum absolute atomic E-state index is 0.328. The smallest absolute Gasteiger partial charge is 0.346 e. The number of imide groups is 1. The quantitative estimate of drug-likeness (QED) is 0.669. The van der Waals surface area contributed by atoms with Crippen LogP contribution in [0.2, 0.25) is 0 Å². The molecule has 1 aliphatic heterocycles. The maximum Gasteiger partial charge on any atom is 0.346 e. The minimum atomic E-state index is -0.866. The summed E-state index contributed by atoms with van der Waals surface area (Å²) in [7, 11) is 0. The number of amides is 3. The fourth-order valence-electron chi connectivity index (χ4n) is 2.33. The van der Waals surface area contributed by atoms with E-state index >= 15 is 0 Å². The molecule has 6 nitrogen and oxygen atoms in total. The van der Waals surface area contributed by atoms with E-state index in [1.807, 2.05) is 31.2 Å². The van der Waals surface area contributed by atoms with Gasteiger partial charge in [0.15, 0.2) is 0 Å². The lowest BCUT2D eigenvalue weighted by atomic mass is 10.00. The maximum atomic E-state index is 12.2. The van der Waals surface area contributed by atoms with Gasteiger partial charge in [-0.15, -0.1) is 5.01 Å². The van der Waals surface area contributed by atoms with Crippen molar-refractivity contribution >= 4 is 29.1 Å². The second kappa shape index (κ2) is 4.73. The lowest BCUT2D eigenvalue weighted by Gasteiger charge is -2.17. The predicted octanol–water partition coefficient (Wildman–Crippen LogP) is 2.22. The van der Waals surface area contributed by atoms with Crippen molar-refractivity contribution in [3.63, 3.8) is 0 Å². The average Bonchev–Trinajstić information content (AvgIpc) is 2.98. The third-order valence-electron chi connectivity index (χ3n) is 3.88. The molecule has 2 aromatic rings. The largest absolute Gasteiger partial charge is 0.361 e. The fraction of sp³-hybridized carbons (Fsp3) is 0.267. The summed E-state index contributed by atoms with van der Waals surface area (Å²) in [6, 6.07) is 7.28. The molecule has 108 valence electrons. The van der Waals surface area contributed by atoms with Gasteiger partial charge in [0, 0.05) is 22.7 Å². The number of hydrazone groups is 1. The molecule has 3 rings (SSSR count). The maximum absolute atomic E-state index is 12.2. The van der Waals surface area contributed by atoms with E-state index in [4.69, 9.17) is 0 Å². The van der Waals surface area contributed by atoms with Gasteiger partial charge in [0.05, 0.1) is 6.21 Å². The Labute approximate surface area is 121 Å². The summed E-state index contributed by atoms with van der Waals surface area (Å²) < 4.78 is 0. The van der Waals surface area contributed by atoms with Crippen LogP contribution in [0.3, 0.4) is 0 Å². The van der Waals surface area contributed by atoms with Crippen LogP contribution in [0.25, 0.3) is 10.9 Å². The zero-order valence-electron chi connectivity index (χ0n) is 11.9. The molecular weight excluding hydrogens is 268 g/mol. The molecule has 2 heterocycles. The number of fused-ring (bicyclic) bond motifs is 1. The Morgan fingerprint density at radius 2 is 2.10 bits per heavy atom. The third kappa shape index (κ3) is 2.08. The lowest BCUT2D eigenvalue weighted by molar-refractivity contribution is -0.130. The Bertz CT molecular complexity index is 749. The van der Waals surface area contributed by atoms with E-state index in [9.17, 15) is 9.59 Å². The van der Waals surface area contributed by atoms with Crippen molar-refractivity contribution < 1.29 is 9.59 Å². The van der Waals surface area contributed by atoms with Crippen molar-refractivity contribution in [2.45, 2.75) is 25.8 Å². The van der Waals surface area contributed by atoms with E-state index in [2.05, 4.69) is 15.4 Å². The number of hydrogen-bond acceptors (Lipinski definition) is 3. The molecule has 0 aliphatic carbocycles. The highest BCUT2D eigenvalue weighted by Crippen LogP contribution is 2.21. The van der Waals surface area contributed by atoms with Gasteiger partial charge in [-0.3, -0.25) is 4.79 Å². The molecule has 1 fully saturated rings. The Balaban J connectivity index is 1.90. The molecule has 0 unspecified atom stereocenters. The molecule has 1 aromatic heterocycles. The molecule has 2 N–H and O–H groups in total. The molecule has 1 atom stereocenters. The molecule has 0 bridgehead atoms.